The summed E-state index contributed by atoms with van der Waals surface area (Å²) in [5, 5.41) is 0. The first-order valence-corrected chi connectivity index (χ1v) is 9.22. The zero-order valence-corrected chi connectivity index (χ0v) is 14.4. The number of hydrogen-bond acceptors (Lipinski definition) is 3. The van der Waals surface area contributed by atoms with Gasteiger partial charge in [-0.15, -0.1) is 0 Å². The van der Waals surface area contributed by atoms with Crippen molar-refractivity contribution in [2.45, 2.75) is 23.8 Å². The van der Waals surface area contributed by atoms with E-state index in [0.29, 0.717) is 10.2 Å². The van der Waals surface area contributed by atoms with Crippen LogP contribution in [0, 0.1) is 0 Å². The molecule has 1 aliphatic carbocycles. The Labute approximate surface area is 138 Å². The van der Waals surface area contributed by atoms with Crippen LogP contribution in [0.2, 0.25) is 0 Å². The van der Waals surface area contributed by atoms with Gasteiger partial charge in [-0.3, -0.25) is 0 Å². The van der Waals surface area contributed by atoms with Crippen molar-refractivity contribution in [3.05, 3.63) is 58.1 Å². The first kappa shape index (κ1) is 15.5. The van der Waals surface area contributed by atoms with Crippen molar-refractivity contribution in [1.29, 1.82) is 0 Å². The van der Waals surface area contributed by atoms with E-state index in [1.807, 2.05) is 24.3 Å². The molecule has 6 heteroatoms. The number of benzene rings is 2. The van der Waals surface area contributed by atoms with Gasteiger partial charge in [0.05, 0.1) is 16.5 Å². The Morgan fingerprint density at radius 1 is 1.23 bits per heavy atom. The molecule has 2 aromatic rings. The summed E-state index contributed by atoms with van der Waals surface area (Å²) in [5.41, 5.74) is 2.28. The highest BCUT2D eigenvalue weighted by Gasteiger charge is 2.27. The third-order valence-corrected chi connectivity index (χ3v) is 5.95. The van der Waals surface area contributed by atoms with Gasteiger partial charge in [0.25, 0.3) is 0 Å². The van der Waals surface area contributed by atoms with Gasteiger partial charge in [-0.05, 0) is 58.1 Å². The minimum Gasteiger partial charge on any atom is -0.496 e. The van der Waals surface area contributed by atoms with Crippen LogP contribution >= 0.6 is 15.9 Å². The summed E-state index contributed by atoms with van der Waals surface area (Å²) in [6.07, 6.45) is 1.69. The lowest BCUT2D eigenvalue weighted by Crippen LogP contribution is -2.27. The van der Waals surface area contributed by atoms with E-state index in [1.165, 1.54) is 5.56 Å². The van der Waals surface area contributed by atoms with Gasteiger partial charge in [0.15, 0.2) is 0 Å². The predicted molar refractivity (Wildman–Crippen MR) is 88.5 cm³/mol. The fourth-order valence-corrected chi connectivity index (χ4v) is 4.72. The molecule has 1 N–H and O–H groups in total. The number of aryl methyl sites for hydroxylation is 1. The molecule has 0 spiro atoms. The molecule has 2 aromatic carbocycles. The zero-order valence-electron chi connectivity index (χ0n) is 12.0. The van der Waals surface area contributed by atoms with Crippen LogP contribution in [0.3, 0.4) is 0 Å². The maximum Gasteiger partial charge on any atom is 0.241 e. The Bertz CT molecular complexity index is 805. The molecule has 0 bridgehead atoms. The third kappa shape index (κ3) is 2.91. The second-order valence-electron chi connectivity index (χ2n) is 5.21. The summed E-state index contributed by atoms with van der Waals surface area (Å²) < 4.78 is 33.7. The second-order valence-corrected chi connectivity index (χ2v) is 7.78. The van der Waals surface area contributed by atoms with E-state index >= 15 is 0 Å². The normalized spacial score (nSPS) is 17.3. The quantitative estimate of drug-likeness (QED) is 0.882. The fourth-order valence-electron chi connectivity index (χ4n) is 2.75. The lowest BCUT2D eigenvalue weighted by Gasteiger charge is -2.15. The summed E-state index contributed by atoms with van der Waals surface area (Å²) in [6, 6.07) is 12.5. The van der Waals surface area contributed by atoms with E-state index < -0.39 is 10.0 Å². The molecular formula is C16H16BrNO3S. The van der Waals surface area contributed by atoms with Crippen molar-refractivity contribution in [1.82, 2.24) is 4.72 Å². The van der Waals surface area contributed by atoms with Crippen LogP contribution in [0.5, 0.6) is 5.75 Å². The summed E-state index contributed by atoms with van der Waals surface area (Å²) in [7, 11) is -2.03. The number of halogens is 1. The lowest BCUT2D eigenvalue weighted by molar-refractivity contribution is 0.411. The van der Waals surface area contributed by atoms with Gasteiger partial charge in [0, 0.05) is 6.04 Å². The standard InChI is InChI=1S/C16H16BrNO3S/c1-21-16-9-7-12(10-14(16)17)22(19,20)18-15-8-6-11-4-2-3-5-13(11)15/h2-5,7,9-10,15,18H,6,8H2,1H3. The molecule has 3 rings (SSSR count). The molecule has 1 atom stereocenters. The molecule has 0 radical (unpaired) electrons. The highest BCUT2D eigenvalue weighted by molar-refractivity contribution is 9.10. The van der Waals surface area contributed by atoms with Crippen LogP contribution in [0.1, 0.15) is 23.6 Å². The van der Waals surface area contributed by atoms with E-state index in [-0.39, 0.29) is 10.9 Å². The molecule has 4 nitrogen and oxygen atoms in total. The molecule has 116 valence electrons. The highest BCUT2D eigenvalue weighted by atomic mass is 79.9. The Morgan fingerprint density at radius 3 is 2.73 bits per heavy atom. The number of nitrogens with one attached hydrogen (secondary N) is 1. The van der Waals surface area contributed by atoms with E-state index in [9.17, 15) is 8.42 Å². The van der Waals surface area contributed by atoms with Crippen molar-refractivity contribution in [3.63, 3.8) is 0 Å². The molecule has 1 aliphatic rings. The van der Waals surface area contributed by atoms with Crippen LogP contribution in [0.25, 0.3) is 0 Å². The SMILES string of the molecule is COc1ccc(S(=O)(=O)NC2CCc3ccccc32)cc1Br. The average Bonchev–Trinajstić information content (AvgIpc) is 2.90. The molecule has 0 aliphatic heterocycles. The number of methoxy groups -OCH3 is 1. The fraction of sp³-hybridized carbons (Fsp3) is 0.250. The summed E-state index contributed by atoms with van der Waals surface area (Å²) in [5.74, 6) is 0.602. The predicted octanol–water partition coefficient (Wildman–Crippen LogP) is 3.42. The molecule has 22 heavy (non-hydrogen) atoms. The van der Waals surface area contributed by atoms with E-state index in [0.717, 1.165) is 18.4 Å². The van der Waals surface area contributed by atoms with E-state index in [2.05, 4.69) is 20.7 Å². The third-order valence-electron chi connectivity index (χ3n) is 3.86. The van der Waals surface area contributed by atoms with E-state index in [1.54, 1.807) is 25.3 Å². The smallest absolute Gasteiger partial charge is 0.241 e. The van der Waals surface area contributed by atoms with Gasteiger partial charge in [-0.1, -0.05) is 24.3 Å². The van der Waals surface area contributed by atoms with Crippen LogP contribution in [-0.4, -0.2) is 15.5 Å². The second kappa shape index (κ2) is 6.02. The maximum absolute atomic E-state index is 12.6. The topological polar surface area (TPSA) is 55.4 Å². The van der Waals surface area contributed by atoms with Crippen LogP contribution < -0.4 is 9.46 Å². The summed E-state index contributed by atoms with van der Waals surface area (Å²) in [4.78, 5) is 0.226. The van der Waals surface area contributed by atoms with Crippen LogP contribution in [0.15, 0.2) is 51.8 Å². The molecule has 0 amide bonds. The number of rotatable bonds is 4. The average molecular weight is 382 g/mol. The Balaban J connectivity index is 1.87. The van der Waals surface area contributed by atoms with E-state index in [4.69, 9.17) is 4.74 Å². The van der Waals surface area contributed by atoms with Crippen LogP contribution in [-0.2, 0) is 16.4 Å². The number of ether oxygens (including phenoxy) is 1. The van der Waals surface area contributed by atoms with Gasteiger partial charge < -0.3 is 4.74 Å². The van der Waals surface area contributed by atoms with Gasteiger partial charge >= 0.3 is 0 Å². The van der Waals surface area contributed by atoms with Crippen molar-refractivity contribution in [3.8, 4) is 5.75 Å². The molecule has 0 heterocycles. The van der Waals surface area contributed by atoms with Crippen molar-refractivity contribution >= 4 is 26.0 Å². The maximum atomic E-state index is 12.6. The highest BCUT2D eigenvalue weighted by Crippen LogP contribution is 2.33. The van der Waals surface area contributed by atoms with Crippen LogP contribution in [0.4, 0.5) is 0 Å². The van der Waals surface area contributed by atoms with Gasteiger partial charge in [0.2, 0.25) is 10.0 Å². The Hall–Kier alpha value is -1.37. The van der Waals surface area contributed by atoms with Gasteiger partial charge in [0.1, 0.15) is 5.75 Å². The number of fused-ring (bicyclic) bond motifs is 1. The van der Waals surface area contributed by atoms with Gasteiger partial charge in [-0.25, -0.2) is 13.1 Å². The lowest BCUT2D eigenvalue weighted by atomic mass is 10.1. The molecule has 0 saturated heterocycles. The first-order valence-electron chi connectivity index (χ1n) is 6.95. The zero-order chi connectivity index (χ0) is 15.7. The summed E-state index contributed by atoms with van der Waals surface area (Å²) in [6.45, 7) is 0. The minimum absolute atomic E-state index is 0.165. The Morgan fingerprint density at radius 2 is 2.00 bits per heavy atom. The van der Waals surface area contributed by atoms with Crippen molar-refractivity contribution in [2.75, 3.05) is 7.11 Å². The van der Waals surface area contributed by atoms with Gasteiger partial charge in [-0.2, -0.15) is 0 Å². The monoisotopic (exact) mass is 381 g/mol. The molecule has 1 unspecified atom stereocenters. The largest absolute Gasteiger partial charge is 0.496 e. The molecule has 0 fully saturated rings. The minimum atomic E-state index is -3.57. The van der Waals surface area contributed by atoms with Crippen molar-refractivity contribution < 1.29 is 13.2 Å². The first-order chi connectivity index (χ1) is 10.5. The van der Waals surface area contributed by atoms with Crippen molar-refractivity contribution in [2.24, 2.45) is 0 Å². The Kier molecular flexibility index (Phi) is 4.25. The number of hydrogen-bond donors (Lipinski definition) is 1. The number of sulfonamides is 1. The molecule has 0 aromatic heterocycles. The molecular weight excluding hydrogens is 366 g/mol. The summed E-state index contributed by atoms with van der Waals surface area (Å²) >= 11 is 3.32. The molecule has 0 saturated carbocycles.